The zero-order valence-electron chi connectivity index (χ0n) is 39.6. The van der Waals surface area contributed by atoms with Gasteiger partial charge in [0.1, 0.15) is 49.2 Å². The predicted octanol–water partition coefficient (Wildman–Crippen LogP) is 2.94. The Hall–Kier alpha value is -5.84. The molecule has 3 aromatic carbocycles. The van der Waals surface area contributed by atoms with E-state index in [0.29, 0.717) is 67.0 Å². The average molecular weight is 1030 g/mol. The number of unbranched alkanes of at least 4 members (excludes halogenated alkanes) is 3. The van der Waals surface area contributed by atoms with Crippen molar-refractivity contribution in [2.24, 2.45) is 0 Å². The summed E-state index contributed by atoms with van der Waals surface area (Å²) in [5.74, 6) is -0.108. The molecule has 384 valence electrons. The van der Waals surface area contributed by atoms with E-state index in [0.717, 1.165) is 91.1 Å². The summed E-state index contributed by atoms with van der Waals surface area (Å²) in [4.78, 5) is 79.5. The second-order valence-electron chi connectivity index (χ2n) is 18.1. The highest BCUT2D eigenvalue weighted by Gasteiger charge is 2.50. The number of aliphatic hydroxyl groups excluding tert-OH is 1. The number of carbonyl (C=O) groups excluding carboxylic acids is 1. The molecule has 5 aromatic rings. The Morgan fingerprint density at radius 2 is 1.71 bits per heavy atom. The number of nitrogens with two attached hydrogens (primary N) is 1. The number of carboxylic acids is 1. The van der Waals surface area contributed by atoms with Gasteiger partial charge in [-0.2, -0.15) is 0 Å². The Balaban J connectivity index is 0.891. The van der Waals surface area contributed by atoms with Crippen LogP contribution in [-0.4, -0.2) is 125 Å². The number of aryl methyl sites for hydroxylation is 2. The first-order chi connectivity index (χ1) is 34.4. The van der Waals surface area contributed by atoms with Crippen molar-refractivity contribution in [2.75, 3.05) is 61.8 Å². The smallest absolute Gasteiger partial charge is 0.470 e. The van der Waals surface area contributed by atoms with Crippen molar-refractivity contribution < 1.29 is 67.0 Å². The number of nitrogen functional groups attached to an aromatic ring is 1. The van der Waals surface area contributed by atoms with E-state index in [1.54, 1.807) is 6.07 Å². The maximum atomic E-state index is 13.9. The first-order valence-electron chi connectivity index (χ1n) is 24.0. The maximum Gasteiger partial charge on any atom is 0.470 e. The molecule has 25 heteroatoms. The topological polar surface area (TPSA) is 327 Å². The number of rotatable bonds is 19. The van der Waals surface area contributed by atoms with Gasteiger partial charge in [-0.25, -0.2) is 33.5 Å². The molecule has 6 heterocycles. The van der Waals surface area contributed by atoms with Crippen molar-refractivity contribution in [3.63, 3.8) is 0 Å². The lowest BCUT2D eigenvalue weighted by molar-refractivity contribution is -0.0492. The van der Waals surface area contributed by atoms with Gasteiger partial charge in [0.2, 0.25) is 11.3 Å². The molecule has 1 fully saturated rings. The third kappa shape index (κ3) is 10.6. The van der Waals surface area contributed by atoms with Crippen LogP contribution in [0, 0.1) is 0 Å². The van der Waals surface area contributed by atoms with Crippen LogP contribution in [0.15, 0.2) is 48.8 Å². The molecule has 1 saturated heterocycles. The second kappa shape index (κ2) is 20.9. The highest BCUT2D eigenvalue weighted by molar-refractivity contribution is 7.46. The number of nitrogens with zero attached hydrogens (tertiary/aromatic N) is 6. The minimum atomic E-state index is -5.25. The Kier molecular flexibility index (Phi) is 14.9. The zero-order chi connectivity index (χ0) is 51.1. The molecule has 1 amide bonds. The molecule has 0 bridgehead atoms. The van der Waals surface area contributed by atoms with Gasteiger partial charge in [0.15, 0.2) is 23.2 Å². The monoisotopic (exact) mass is 1030 g/mol. The number of carboxylic acid groups (broad SMARTS) is 1. The number of anilines is 3. The quantitative estimate of drug-likeness (QED) is 0.0320. The Morgan fingerprint density at radius 3 is 2.44 bits per heavy atom. The molecule has 0 aliphatic carbocycles. The van der Waals surface area contributed by atoms with Crippen molar-refractivity contribution >= 4 is 61.7 Å². The van der Waals surface area contributed by atoms with Crippen LogP contribution >= 0.6 is 15.6 Å². The lowest BCUT2D eigenvalue weighted by atomic mass is 9.85. The molecule has 2 aromatic heterocycles. The number of nitrogens with one attached hydrogen (secondary N) is 2. The standard InChI is InChI=1S/C47H57N9O14P2/c1-3-54-17-9-11-26-19-31-35(22-33(26)54)68-36-23-34-27(12-10-18-55(34)4-2)20-32(36)38(31)30-21-28(13-14-29(30)46(59)60)44(58)49-15-7-5-6-8-16-50-47-53-39-42(48)51-25-52-43(39)56(47)45-40(57)41(70-72(64,65)66)37(69-45)24-67-71(61,62)63/h13-14,19-23,25,37,40-41,45,57H,3-12,15-18,24H2,1-2H3,(H8-,48,49,50,51,52,53,58,59,60,61,62,63,64,65,66)/p+1/t37-,40-,41-,45-/m1/s1. The fourth-order valence-corrected chi connectivity index (χ4v) is 11.1. The molecule has 0 unspecified atom stereocenters. The van der Waals surface area contributed by atoms with Gasteiger partial charge in [0.05, 0.1) is 18.2 Å². The second-order valence-corrected chi connectivity index (χ2v) is 20.5. The number of aliphatic hydroxyl groups is 1. The van der Waals surface area contributed by atoms with E-state index in [9.17, 15) is 48.5 Å². The summed E-state index contributed by atoms with van der Waals surface area (Å²) in [5.41, 5.74) is 12.0. The summed E-state index contributed by atoms with van der Waals surface area (Å²) in [5, 5.41) is 29.9. The number of benzene rings is 3. The van der Waals surface area contributed by atoms with E-state index in [1.165, 1.54) is 16.7 Å². The normalized spacial score (nSPS) is 19.6. The third-order valence-electron chi connectivity index (χ3n) is 13.5. The number of aromatic carboxylic acids is 1. The third-order valence-corrected chi connectivity index (χ3v) is 14.5. The Bertz CT molecular complexity index is 3160. The van der Waals surface area contributed by atoms with Crippen molar-refractivity contribution in [1.29, 1.82) is 0 Å². The van der Waals surface area contributed by atoms with Gasteiger partial charge in [-0.1, -0.05) is 12.8 Å². The van der Waals surface area contributed by atoms with Gasteiger partial charge >= 0.3 is 21.6 Å². The number of hydrogen-bond donors (Lipinski definition) is 9. The number of phosphoric ester groups is 2. The molecule has 0 spiro atoms. The van der Waals surface area contributed by atoms with Crippen molar-refractivity contribution in [3.8, 4) is 11.5 Å². The number of fused-ring (bicyclic) bond motifs is 5. The minimum absolute atomic E-state index is 0.0172. The van der Waals surface area contributed by atoms with Crippen LogP contribution in [0.1, 0.15) is 102 Å². The van der Waals surface area contributed by atoms with Gasteiger partial charge in [-0.3, -0.25) is 18.4 Å². The molecule has 72 heavy (non-hydrogen) atoms. The fourth-order valence-electron chi connectivity index (χ4n) is 10.2. The summed E-state index contributed by atoms with van der Waals surface area (Å²) in [6.07, 6.45) is 0.829. The van der Waals surface area contributed by atoms with Gasteiger partial charge in [-0.05, 0) is 87.4 Å². The van der Waals surface area contributed by atoms with Gasteiger partial charge in [0.25, 0.3) is 5.91 Å². The Morgan fingerprint density at radius 1 is 0.931 bits per heavy atom. The molecule has 4 aliphatic rings. The zero-order valence-corrected chi connectivity index (χ0v) is 41.4. The van der Waals surface area contributed by atoms with E-state index >= 15 is 0 Å². The van der Waals surface area contributed by atoms with Crippen molar-refractivity contribution in [3.05, 3.63) is 92.7 Å². The number of aromatic nitrogens is 4. The molecule has 23 nitrogen and oxygen atoms in total. The first kappa shape index (κ1) is 51.1. The Labute approximate surface area is 412 Å². The number of ether oxygens (including phenoxy) is 2. The molecule has 10 N–H and O–H groups in total. The number of carbonyl (C=O) groups is 2. The van der Waals surface area contributed by atoms with Crippen molar-refractivity contribution in [1.82, 2.24) is 29.4 Å². The van der Waals surface area contributed by atoms with E-state index in [2.05, 4.69) is 77.7 Å². The summed E-state index contributed by atoms with van der Waals surface area (Å²) in [7, 11) is -10.3. The molecule has 4 atom stereocenters. The lowest BCUT2D eigenvalue weighted by Gasteiger charge is -2.32. The van der Waals surface area contributed by atoms with E-state index < -0.39 is 52.8 Å². The SMILES string of the molecule is CCN1CCCc2cc3c(cc21)Oc1cc2c(cc1=C3c1cc(C(=O)NCCCCCCNc3nc4c(N)ncnc4n3[C@@H]3O[C@H](COP(=O)(O)O)[C@@H](OP(=O)(O)O)[C@H]3O)ccc1C(=O)O)CCC[N+]=2CC. The summed E-state index contributed by atoms with van der Waals surface area (Å²) < 4.78 is 48.8. The largest absolute Gasteiger partial charge is 0.478 e. The average Bonchev–Trinajstić information content (AvgIpc) is 3.86. The predicted molar refractivity (Wildman–Crippen MR) is 262 cm³/mol. The van der Waals surface area contributed by atoms with Crippen LogP contribution in [0.2, 0.25) is 0 Å². The van der Waals surface area contributed by atoms with Gasteiger partial charge in [-0.15, -0.1) is 0 Å². The molecule has 0 radical (unpaired) electrons. The first-order valence-corrected chi connectivity index (χ1v) is 27.0. The maximum absolute atomic E-state index is 13.9. The van der Waals surface area contributed by atoms with E-state index in [1.807, 2.05) is 0 Å². The molecule has 9 rings (SSSR count). The highest BCUT2D eigenvalue weighted by Crippen LogP contribution is 2.47. The molecule has 0 saturated carbocycles. The summed E-state index contributed by atoms with van der Waals surface area (Å²) >= 11 is 0. The number of phosphoric acid groups is 2. The molecular weight excluding hydrogens is 977 g/mol. The molecular formula is C47H58N9O14P2+. The lowest BCUT2D eigenvalue weighted by Crippen LogP contribution is -2.39. The van der Waals surface area contributed by atoms with Crippen LogP contribution in [0.25, 0.3) is 16.7 Å². The van der Waals surface area contributed by atoms with Gasteiger partial charge in [0, 0.05) is 71.8 Å². The van der Waals surface area contributed by atoms with Crippen LogP contribution in [0.4, 0.5) is 17.5 Å². The van der Waals surface area contributed by atoms with Crippen LogP contribution in [-0.2, 0) is 35.8 Å². The van der Waals surface area contributed by atoms with Gasteiger partial charge < -0.3 is 60.5 Å². The number of imidazole rings is 1. The van der Waals surface area contributed by atoms with Crippen molar-refractivity contribution in [2.45, 2.75) is 89.8 Å². The number of amides is 1. The fraction of sp³-hybridized carbons (Fsp3) is 0.447. The van der Waals surface area contributed by atoms with Crippen LogP contribution in [0.5, 0.6) is 11.5 Å². The van der Waals surface area contributed by atoms with E-state index in [-0.39, 0.29) is 34.4 Å². The van der Waals surface area contributed by atoms with Crippen LogP contribution < -0.4 is 41.2 Å². The minimum Gasteiger partial charge on any atom is -0.478 e. The highest BCUT2D eigenvalue weighted by atomic mass is 31.2. The van der Waals surface area contributed by atoms with E-state index in [4.69, 9.17) is 19.7 Å². The molecule has 4 aliphatic heterocycles. The van der Waals surface area contributed by atoms with Crippen LogP contribution in [0.3, 0.4) is 0 Å². The number of hydrogen-bond acceptors (Lipinski definition) is 15. The summed E-state index contributed by atoms with van der Waals surface area (Å²) in [6.45, 7) is 7.59. The summed E-state index contributed by atoms with van der Waals surface area (Å²) in [6, 6.07) is 13.2.